The molecule has 0 saturated carbocycles. The van der Waals surface area contributed by atoms with Crippen LogP contribution in [0.15, 0.2) is 33.6 Å². The second-order valence-corrected chi connectivity index (χ2v) is 4.53. The van der Waals surface area contributed by atoms with Gasteiger partial charge in [-0.3, -0.25) is 0 Å². The van der Waals surface area contributed by atoms with Crippen LogP contribution in [-0.2, 0) is 0 Å². The van der Waals surface area contributed by atoms with E-state index >= 15 is 0 Å². The van der Waals surface area contributed by atoms with Crippen molar-refractivity contribution in [2.24, 2.45) is 0 Å². The third-order valence-electron chi connectivity index (χ3n) is 2.01. The van der Waals surface area contributed by atoms with Gasteiger partial charge in [-0.2, -0.15) is 0 Å². The van der Waals surface area contributed by atoms with E-state index < -0.39 is 11.9 Å². The van der Waals surface area contributed by atoms with Crippen LogP contribution in [0.4, 0.5) is 4.39 Å². The number of thiazole rings is 1. The standard InChI is InChI=1S/C10H7BrFNOS/c11-7-3-1-2-6(9(7)12)10(14)8-4-15-5-13-8/h1-5,10,14H. The number of halogens is 2. The predicted octanol–water partition coefficient (Wildman–Crippen LogP) is 3.13. The van der Waals surface area contributed by atoms with E-state index in [1.165, 1.54) is 11.3 Å². The zero-order chi connectivity index (χ0) is 10.8. The maximum Gasteiger partial charge on any atom is 0.143 e. The van der Waals surface area contributed by atoms with Crippen LogP contribution in [0.3, 0.4) is 0 Å². The summed E-state index contributed by atoms with van der Waals surface area (Å²) in [6, 6.07) is 4.81. The zero-order valence-corrected chi connectivity index (χ0v) is 9.93. The van der Waals surface area contributed by atoms with Gasteiger partial charge in [-0.15, -0.1) is 11.3 Å². The molecule has 0 saturated heterocycles. The summed E-state index contributed by atoms with van der Waals surface area (Å²) >= 11 is 4.44. The first-order valence-electron chi connectivity index (χ1n) is 4.20. The molecule has 0 aliphatic rings. The van der Waals surface area contributed by atoms with E-state index in [0.717, 1.165) is 0 Å². The Morgan fingerprint density at radius 1 is 1.47 bits per heavy atom. The van der Waals surface area contributed by atoms with Crippen LogP contribution in [0.25, 0.3) is 0 Å². The lowest BCUT2D eigenvalue weighted by molar-refractivity contribution is 0.210. The van der Waals surface area contributed by atoms with Gasteiger partial charge in [0.25, 0.3) is 0 Å². The second-order valence-electron chi connectivity index (χ2n) is 2.96. The van der Waals surface area contributed by atoms with E-state index in [-0.39, 0.29) is 5.56 Å². The Labute approximate surface area is 98.5 Å². The van der Waals surface area contributed by atoms with Crippen LogP contribution >= 0.6 is 27.3 Å². The molecule has 1 aromatic heterocycles. The van der Waals surface area contributed by atoms with Crippen molar-refractivity contribution in [3.8, 4) is 0 Å². The van der Waals surface area contributed by atoms with Crippen molar-refractivity contribution in [2.75, 3.05) is 0 Å². The van der Waals surface area contributed by atoms with E-state index in [2.05, 4.69) is 20.9 Å². The average Bonchev–Trinajstić information content (AvgIpc) is 2.74. The van der Waals surface area contributed by atoms with Gasteiger partial charge in [0.15, 0.2) is 0 Å². The number of aliphatic hydroxyl groups is 1. The molecule has 0 spiro atoms. The minimum Gasteiger partial charge on any atom is -0.382 e. The summed E-state index contributed by atoms with van der Waals surface area (Å²) in [5.41, 5.74) is 2.31. The molecule has 2 rings (SSSR count). The van der Waals surface area contributed by atoms with Crippen molar-refractivity contribution >= 4 is 27.3 Å². The van der Waals surface area contributed by atoms with Gasteiger partial charge in [0.2, 0.25) is 0 Å². The number of nitrogens with zero attached hydrogens (tertiary/aromatic N) is 1. The molecule has 0 bridgehead atoms. The molecule has 1 atom stereocenters. The Hall–Kier alpha value is -0.780. The summed E-state index contributed by atoms with van der Waals surface area (Å²) in [4.78, 5) is 3.95. The van der Waals surface area contributed by atoms with Crippen molar-refractivity contribution in [3.63, 3.8) is 0 Å². The highest BCUT2D eigenvalue weighted by Crippen LogP contribution is 2.27. The topological polar surface area (TPSA) is 33.1 Å². The van der Waals surface area contributed by atoms with Gasteiger partial charge < -0.3 is 5.11 Å². The third kappa shape index (κ3) is 2.09. The lowest BCUT2D eigenvalue weighted by Crippen LogP contribution is -2.03. The zero-order valence-electron chi connectivity index (χ0n) is 7.52. The van der Waals surface area contributed by atoms with E-state index in [9.17, 15) is 9.50 Å². The maximum atomic E-state index is 13.6. The number of rotatable bonds is 2. The molecule has 15 heavy (non-hydrogen) atoms. The molecule has 78 valence electrons. The first kappa shape index (κ1) is 10.7. The smallest absolute Gasteiger partial charge is 0.143 e. The van der Waals surface area contributed by atoms with Crippen LogP contribution in [-0.4, -0.2) is 10.1 Å². The van der Waals surface area contributed by atoms with Crippen molar-refractivity contribution in [1.82, 2.24) is 4.98 Å². The Morgan fingerprint density at radius 2 is 2.27 bits per heavy atom. The Morgan fingerprint density at radius 3 is 2.93 bits per heavy atom. The minimum absolute atomic E-state index is 0.232. The van der Waals surface area contributed by atoms with Gasteiger partial charge >= 0.3 is 0 Å². The van der Waals surface area contributed by atoms with Crippen LogP contribution < -0.4 is 0 Å². The molecule has 1 aromatic carbocycles. The fraction of sp³-hybridized carbons (Fsp3) is 0.100. The van der Waals surface area contributed by atoms with Crippen molar-refractivity contribution in [3.05, 3.63) is 50.6 Å². The lowest BCUT2D eigenvalue weighted by atomic mass is 10.1. The minimum atomic E-state index is -1.01. The third-order valence-corrected chi connectivity index (χ3v) is 3.22. The van der Waals surface area contributed by atoms with Crippen LogP contribution in [0, 0.1) is 5.82 Å². The Balaban J connectivity index is 2.42. The molecule has 0 radical (unpaired) electrons. The first-order chi connectivity index (χ1) is 7.20. The van der Waals surface area contributed by atoms with E-state index in [0.29, 0.717) is 10.2 Å². The molecule has 0 fully saturated rings. The normalized spacial score (nSPS) is 12.7. The van der Waals surface area contributed by atoms with Gasteiger partial charge in [0, 0.05) is 10.9 Å². The van der Waals surface area contributed by atoms with Gasteiger partial charge in [-0.25, -0.2) is 9.37 Å². The van der Waals surface area contributed by atoms with Gasteiger partial charge in [0.05, 0.1) is 15.7 Å². The number of hydrogen-bond acceptors (Lipinski definition) is 3. The fourth-order valence-corrected chi connectivity index (χ4v) is 2.20. The highest BCUT2D eigenvalue weighted by atomic mass is 79.9. The molecular weight excluding hydrogens is 281 g/mol. The largest absolute Gasteiger partial charge is 0.382 e. The quantitative estimate of drug-likeness (QED) is 0.921. The highest BCUT2D eigenvalue weighted by molar-refractivity contribution is 9.10. The monoisotopic (exact) mass is 287 g/mol. The van der Waals surface area contributed by atoms with Crippen LogP contribution in [0.1, 0.15) is 17.4 Å². The van der Waals surface area contributed by atoms with Crippen LogP contribution in [0.2, 0.25) is 0 Å². The van der Waals surface area contributed by atoms with Gasteiger partial charge in [0.1, 0.15) is 11.9 Å². The molecule has 1 N–H and O–H groups in total. The summed E-state index contributed by atoms with van der Waals surface area (Å²) in [7, 11) is 0. The summed E-state index contributed by atoms with van der Waals surface area (Å²) < 4.78 is 14.0. The molecule has 0 amide bonds. The molecular formula is C10H7BrFNOS. The van der Waals surface area contributed by atoms with E-state index in [1.807, 2.05) is 0 Å². The number of aliphatic hydroxyl groups excluding tert-OH is 1. The van der Waals surface area contributed by atoms with E-state index in [1.54, 1.807) is 29.1 Å². The predicted molar refractivity (Wildman–Crippen MR) is 60.3 cm³/mol. The average molecular weight is 288 g/mol. The number of hydrogen-bond donors (Lipinski definition) is 1. The van der Waals surface area contributed by atoms with Crippen molar-refractivity contribution < 1.29 is 9.50 Å². The summed E-state index contributed by atoms with van der Waals surface area (Å²) in [6.07, 6.45) is -1.01. The Kier molecular flexibility index (Phi) is 3.14. The molecule has 2 aromatic rings. The van der Waals surface area contributed by atoms with Gasteiger partial charge in [-0.05, 0) is 22.0 Å². The maximum absolute atomic E-state index is 13.6. The molecule has 5 heteroatoms. The molecule has 1 heterocycles. The lowest BCUT2D eigenvalue weighted by Gasteiger charge is -2.09. The second kappa shape index (κ2) is 4.38. The summed E-state index contributed by atoms with van der Waals surface area (Å²) in [6.45, 7) is 0. The van der Waals surface area contributed by atoms with Crippen molar-refractivity contribution in [2.45, 2.75) is 6.10 Å². The SMILES string of the molecule is OC(c1cscn1)c1cccc(Br)c1F. The highest BCUT2D eigenvalue weighted by Gasteiger charge is 2.17. The molecule has 0 aliphatic heterocycles. The number of benzene rings is 1. The van der Waals surface area contributed by atoms with E-state index in [4.69, 9.17) is 0 Å². The van der Waals surface area contributed by atoms with Crippen molar-refractivity contribution in [1.29, 1.82) is 0 Å². The summed E-state index contributed by atoms with van der Waals surface area (Å²) in [5, 5.41) is 11.6. The summed E-state index contributed by atoms with van der Waals surface area (Å²) in [5.74, 6) is -0.446. The van der Waals surface area contributed by atoms with Gasteiger partial charge in [-0.1, -0.05) is 12.1 Å². The first-order valence-corrected chi connectivity index (χ1v) is 5.94. The Bertz CT molecular complexity index is 460. The molecule has 1 unspecified atom stereocenters. The van der Waals surface area contributed by atoms with Crippen LogP contribution in [0.5, 0.6) is 0 Å². The molecule has 0 aliphatic carbocycles. The molecule has 2 nitrogen and oxygen atoms in total. The number of aromatic nitrogens is 1. The fourth-order valence-electron chi connectivity index (χ4n) is 1.25.